The summed E-state index contributed by atoms with van der Waals surface area (Å²) in [5.41, 5.74) is 2.54. The highest BCUT2D eigenvalue weighted by atomic mass is 35.5. The molecule has 1 aromatic heterocycles. The van der Waals surface area contributed by atoms with Crippen molar-refractivity contribution in [1.29, 1.82) is 0 Å². The lowest BCUT2D eigenvalue weighted by Gasteiger charge is -2.18. The van der Waals surface area contributed by atoms with Crippen molar-refractivity contribution < 1.29 is 4.79 Å². The lowest BCUT2D eigenvalue weighted by Crippen LogP contribution is -2.32. The molecule has 3 aromatic rings. The molecule has 118 valence electrons. The van der Waals surface area contributed by atoms with E-state index >= 15 is 0 Å². The van der Waals surface area contributed by atoms with Gasteiger partial charge in [0, 0.05) is 16.1 Å². The first-order valence-corrected chi connectivity index (χ1v) is 7.78. The van der Waals surface area contributed by atoms with Gasteiger partial charge in [-0.1, -0.05) is 30.7 Å². The number of carbonyl (C=O) groups is 1. The second-order valence-corrected chi connectivity index (χ2v) is 5.64. The Hall–Kier alpha value is -2.37. The zero-order chi connectivity index (χ0) is 16.2. The maximum Gasteiger partial charge on any atom is 0.246 e. The summed E-state index contributed by atoms with van der Waals surface area (Å²) in [7, 11) is 0. The number of amides is 1. The van der Waals surface area contributed by atoms with Crippen LogP contribution in [0.5, 0.6) is 0 Å². The Kier molecular flexibility index (Phi) is 4.60. The van der Waals surface area contributed by atoms with Crippen LogP contribution in [0, 0.1) is 0 Å². The molecule has 3 rings (SSSR count). The SMILES string of the molecule is CCNC(C(=O)Nc1ccc2[nH]ncc2c1)c1ccc(Cl)cc1. The number of H-pyrrole nitrogens is 1. The van der Waals surface area contributed by atoms with Gasteiger partial charge in [0.1, 0.15) is 6.04 Å². The van der Waals surface area contributed by atoms with Gasteiger partial charge in [-0.15, -0.1) is 0 Å². The van der Waals surface area contributed by atoms with Gasteiger partial charge in [0.05, 0.1) is 11.7 Å². The molecule has 0 saturated heterocycles. The van der Waals surface area contributed by atoms with Crippen LogP contribution >= 0.6 is 11.6 Å². The fraction of sp³-hybridized carbons (Fsp3) is 0.176. The Morgan fingerprint density at radius 1 is 1.26 bits per heavy atom. The van der Waals surface area contributed by atoms with E-state index < -0.39 is 6.04 Å². The summed E-state index contributed by atoms with van der Waals surface area (Å²) in [5.74, 6) is -0.114. The van der Waals surface area contributed by atoms with E-state index in [1.807, 2.05) is 37.3 Å². The number of nitrogens with one attached hydrogen (secondary N) is 3. The number of aromatic amines is 1. The van der Waals surface area contributed by atoms with Crippen LogP contribution in [0.25, 0.3) is 10.9 Å². The van der Waals surface area contributed by atoms with Crippen LogP contribution in [0.4, 0.5) is 5.69 Å². The summed E-state index contributed by atoms with van der Waals surface area (Å²) in [6.45, 7) is 2.65. The van der Waals surface area contributed by atoms with Crippen LogP contribution in [0.3, 0.4) is 0 Å². The number of anilines is 1. The van der Waals surface area contributed by atoms with Crippen molar-refractivity contribution in [3.63, 3.8) is 0 Å². The van der Waals surface area contributed by atoms with Crippen molar-refractivity contribution in [2.45, 2.75) is 13.0 Å². The molecule has 0 spiro atoms. The molecular formula is C17H17ClN4O. The summed E-state index contributed by atoms with van der Waals surface area (Å²) < 4.78 is 0. The molecule has 0 aliphatic rings. The maximum atomic E-state index is 12.6. The van der Waals surface area contributed by atoms with Crippen molar-refractivity contribution in [3.8, 4) is 0 Å². The van der Waals surface area contributed by atoms with E-state index in [1.54, 1.807) is 18.3 Å². The highest BCUT2D eigenvalue weighted by Gasteiger charge is 2.19. The highest BCUT2D eigenvalue weighted by Crippen LogP contribution is 2.21. The second kappa shape index (κ2) is 6.81. The fourth-order valence-electron chi connectivity index (χ4n) is 2.46. The number of halogens is 1. The first-order chi connectivity index (χ1) is 11.2. The summed E-state index contributed by atoms with van der Waals surface area (Å²) in [6.07, 6.45) is 1.73. The molecule has 0 aliphatic heterocycles. The third-order valence-electron chi connectivity index (χ3n) is 3.58. The zero-order valence-electron chi connectivity index (χ0n) is 12.6. The molecule has 0 saturated carbocycles. The van der Waals surface area contributed by atoms with Gasteiger partial charge in [-0.05, 0) is 42.4 Å². The Morgan fingerprint density at radius 3 is 2.78 bits per heavy atom. The normalized spacial score (nSPS) is 12.3. The minimum absolute atomic E-state index is 0.114. The van der Waals surface area contributed by atoms with E-state index in [4.69, 9.17) is 11.6 Å². The number of fused-ring (bicyclic) bond motifs is 1. The number of hydrogen-bond donors (Lipinski definition) is 3. The van der Waals surface area contributed by atoms with Crippen LogP contribution in [-0.4, -0.2) is 22.6 Å². The van der Waals surface area contributed by atoms with Crippen LogP contribution in [0.15, 0.2) is 48.7 Å². The van der Waals surface area contributed by atoms with Gasteiger partial charge in [0.25, 0.3) is 0 Å². The molecule has 6 heteroatoms. The number of rotatable bonds is 5. The van der Waals surface area contributed by atoms with E-state index in [-0.39, 0.29) is 5.91 Å². The Bertz CT molecular complexity index is 813. The van der Waals surface area contributed by atoms with E-state index in [0.29, 0.717) is 11.6 Å². The van der Waals surface area contributed by atoms with Crippen LogP contribution in [0.1, 0.15) is 18.5 Å². The minimum atomic E-state index is -0.433. The van der Waals surface area contributed by atoms with Crippen LogP contribution in [-0.2, 0) is 4.79 Å². The van der Waals surface area contributed by atoms with Crippen molar-refractivity contribution in [3.05, 3.63) is 59.2 Å². The molecule has 0 radical (unpaired) electrons. The topological polar surface area (TPSA) is 69.8 Å². The molecule has 1 heterocycles. The van der Waals surface area contributed by atoms with E-state index in [0.717, 1.165) is 22.2 Å². The van der Waals surface area contributed by atoms with Crippen molar-refractivity contribution in [1.82, 2.24) is 15.5 Å². The molecular weight excluding hydrogens is 312 g/mol. The Labute approximate surface area is 139 Å². The largest absolute Gasteiger partial charge is 0.324 e. The molecule has 1 amide bonds. The Balaban J connectivity index is 1.81. The molecule has 2 aromatic carbocycles. The summed E-state index contributed by atoms with van der Waals surface area (Å²) in [4.78, 5) is 12.6. The van der Waals surface area contributed by atoms with Crippen molar-refractivity contribution in [2.75, 3.05) is 11.9 Å². The summed E-state index contributed by atoms with van der Waals surface area (Å²) in [6, 6.07) is 12.5. The summed E-state index contributed by atoms with van der Waals surface area (Å²) >= 11 is 5.92. The molecule has 0 aliphatic carbocycles. The predicted molar refractivity (Wildman–Crippen MR) is 92.6 cm³/mol. The van der Waals surface area contributed by atoms with Crippen LogP contribution < -0.4 is 10.6 Å². The monoisotopic (exact) mass is 328 g/mol. The third-order valence-corrected chi connectivity index (χ3v) is 3.83. The second-order valence-electron chi connectivity index (χ2n) is 5.20. The molecule has 5 nitrogen and oxygen atoms in total. The van der Waals surface area contributed by atoms with Gasteiger partial charge in [0.15, 0.2) is 0 Å². The first kappa shape index (κ1) is 15.5. The molecule has 23 heavy (non-hydrogen) atoms. The van der Waals surface area contributed by atoms with E-state index in [1.165, 1.54) is 0 Å². The van der Waals surface area contributed by atoms with Gasteiger partial charge >= 0.3 is 0 Å². The predicted octanol–water partition coefficient (Wildman–Crippen LogP) is 3.51. The fourth-order valence-corrected chi connectivity index (χ4v) is 2.58. The molecule has 1 atom stereocenters. The highest BCUT2D eigenvalue weighted by molar-refractivity contribution is 6.30. The zero-order valence-corrected chi connectivity index (χ0v) is 13.4. The number of nitrogens with zero attached hydrogens (tertiary/aromatic N) is 1. The lowest BCUT2D eigenvalue weighted by molar-refractivity contribution is -0.118. The standard InChI is InChI=1S/C17H17ClN4O/c1-2-19-16(11-3-5-13(18)6-4-11)17(23)21-14-7-8-15-12(9-14)10-20-22-15/h3-10,16,19H,2H2,1H3,(H,20,22)(H,21,23). The Morgan fingerprint density at radius 2 is 2.04 bits per heavy atom. The number of benzene rings is 2. The van der Waals surface area contributed by atoms with Crippen molar-refractivity contribution in [2.24, 2.45) is 0 Å². The molecule has 1 unspecified atom stereocenters. The quantitative estimate of drug-likeness (QED) is 0.671. The maximum absolute atomic E-state index is 12.6. The molecule has 3 N–H and O–H groups in total. The van der Waals surface area contributed by atoms with Crippen LogP contribution in [0.2, 0.25) is 5.02 Å². The van der Waals surface area contributed by atoms with Gasteiger partial charge in [-0.25, -0.2) is 0 Å². The van der Waals surface area contributed by atoms with E-state index in [9.17, 15) is 4.79 Å². The summed E-state index contributed by atoms with van der Waals surface area (Å²) in [5, 5.41) is 14.6. The first-order valence-electron chi connectivity index (χ1n) is 7.40. The molecule has 0 fully saturated rings. The minimum Gasteiger partial charge on any atom is -0.324 e. The van der Waals surface area contributed by atoms with Gasteiger partial charge in [-0.3, -0.25) is 9.89 Å². The van der Waals surface area contributed by atoms with Gasteiger partial charge in [-0.2, -0.15) is 5.10 Å². The van der Waals surface area contributed by atoms with Gasteiger partial charge < -0.3 is 10.6 Å². The average Bonchev–Trinajstić information content (AvgIpc) is 3.01. The lowest BCUT2D eigenvalue weighted by atomic mass is 10.1. The number of likely N-dealkylation sites (N-methyl/N-ethyl adjacent to an activating group) is 1. The smallest absolute Gasteiger partial charge is 0.246 e. The average molecular weight is 329 g/mol. The third kappa shape index (κ3) is 3.52. The van der Waals surface area contributed by atoms with E-state index in [2.05, 4.69) is 20.8 Å². The molecule has 0 bridgehead atoms. The van der Waals surface area contributed by atoms with Crippen molar-refractivity contribution >= 4 is 34.1 Å². The number of aromatic nitrogens is 2. The number of hydrogen-bond acceptors (Lipinski definition) is 3. The number of carbonyl (C=O) groups excluding carboxylic acids is 1. The van der Waals surface area contributed by atoms with Gasteiger partial charge in [0.2, 0.25) is 5.91 Å².